The minimum absolute atomic E-state index is 0. The topological polar surface area (TPSA) is 20.2 Å². The van der Waals surface area contributed by atoms with Gasteiger partial charge in [-0.1, -0.05) is 0 Å². The second-order valence-electron chi connectivity index (χ2n) is 9.39. The molecule has 0 amide bonds. The fourth-order valence-electron chi connectivity index (χ4n) is 6.13. The van der Waals surface area contributed by atoms with Crippen LogP contribution in [-0.2, 0) is 38.7 Å². The zero-order valence-corrected chi connectivity index (χ0v) is 23.9. The molecule has 6 rings (SSSR count). The number of fused-ring (bicyclic) bond motifs is 6. The molecule has 2 aliphatic rings. The van der Waals surface area contributed by atoms with E-state index in [2.05, 4.69) is 98.8 Å². The van der Waals surface area contributed by atoms with Crippen LogP contribution in [0.5, 0.6) is 0 Å². The molecule has 1 N–H and O–H groups in total. The SMILES string of the molecule is C[C](C)=[Zr+2][C]1(c2ccc3c(c2CCO)Cc2ccccc2-3)c2ccccc2-c2ccccc21.[Cl-].[Cl-]. The largest absolute Gasteiger partial charge is 1.00 e. The Bertz CT molecular complexity index is 1390. The van der Waals surface area contributed by atoms with Gasteiger partial charge in [0, 0.05) is 0 Å². The molecular weight excluding hydrogens is 550 g/mol. The third-order valence-electron chi connectivity index (χ3n) is 7.26. The molecule has 0 saturated carbocycles. The fraction of sp³-hybridized carbons (Fsp3) is 0.194. The van der Waals surface area contributed by atoms with E-state index in [0.717, 1.165) is 6.42 Å². The van der Waals surface area contributed by atoms with E-state index in [1.54, 1.807) is 3.21 Å². The van der Waals surface area contributed by atoms with E-state index < -0.39 is 22.8 Å². The van der Waals surface area contributed by atoms with Gasteiger partial charge in [0.2, 0.25) is 0 Å². The summed E-state index contributed by atoms with van der Waals surface area (Å²) in [7, 11) is 0. The molecule has 0 saturated heterocycles. The van der Waals surface area contributed by atoms with Crippen molar-refractivity contribution in [2.45, 2.75) is 29.8 Å². The Balaban J connectivity index is 0.00000144. The summed E-state index contributed by atoms with van der Waals surface area (Å²) in [6.07, 6.45) is 1.68. The number of hydrogen-bond acceptors (Lipinski definition) is 1. The first kappa shape index (κ1) is 26.2. The van der Waals surface area contributed by atoms with Gasteiger partial charge in [-0.15, -0.1) is 0 Å². The Morgan fingerprint density at radius 2 is 1.29 bits per heavy atom. The van der Waals surface area contributed by atoms with Crippen molar-refractivity contribution in [2.24, 2.45) is 0 Å². The first-order valence-electron chi connectivity index (χ1n) is 11.8. The molecule has 0 atom stereocenters. The van der Waals surface area contributed by atoms with Crippen LogP contribution in [0.15, 0.2) is 84.9 Å². The van der Waals surface area contributed by atoms with Crippen molar-refractivity contribution in [3.05, 3.63) is 118 Å². The Hall–Kier alpha value is -1.83. The number of benzene rings is 4. The molecule has 0 aliphatic heterocycles. The van der Waals surface area contributed by atoms with Gasteiger partial charge in [0.15, 0.2) is 0 Å². The Kier molecular flexibility index (Phi) is 7.70. The minimum atomic E-state index is -1.05. The molecule has 175 valence electrons. The summed E-state index contributed by atoms with van der Waals surface area (Å²) in [5.41, 5.74) is 14.1. The van der Waals surface area contributed by atoms with Gasteiger partial charge in [-0.25, -0.2) is 0 Å². The van der Waals surface area contributed by atoms with Crippen molar-refractivity contribution < 1.29 is 52.7 Å². The summed E-state index contributed by atoms with van der Waals surface area (Å²) in [5, 5.41) is 10.2. The molecule has 4 aromatic rings. The minimum Gasteiger partial charge on any atom is -1.00 e. The van der Waals surface area contributed by atoms with Gasteiger partial charge in [-0.3, -0.25) is 0 Å². The number of aliphatic hydroxyl groups excluding tert-OH is 1. The quantitative estimate of drug-likeness (QED) is 0.328. The third-order valence-corrected chi connectivity index (χ3v) is 11.4. The molecule has 0 spiro atoms. The second kappa shape index (κ2) is 10.3. The van der Waals surface area contributed by atoms with Crippen molar-refractivity contribution >= 4 is 3.21 Å². The molecule has 0 aromatic heterocycles. The Morgan fingerprint density at radius 1 is 0.714 bits per heavy atom. The molecule has 0 fully saturated rings. The van der Waals surface area contributed by atoms with Crippen molar-refractivity contribution in [1.29, 1.82) is 0 Å². The summed E-state index contributed by atoms with van der Waals surface area (Å²) in [6, 6.07) is 31.7. The Labute approximate surface area is 231 Å². The van der Waals surface area contributed by atoms with Gasteiger partial charge in [-0.2, -0.15) is 0 Å². The number of halogens is 2. The summed E-state index contributed by atoms with van der Waals surface area (Å²) < 4.78 is 1.52. The molecule has 0 radical (unpaired) electrons. The van der Waals surface area contributed by atoms with E-state index in [1.165, 1.54) is 55.6 Å². The van der Waals surface area contributed by atoms with Gasteiger partial charge in [0.05, 0.1) is 0 Å². The second-order valence-corrected chi connectivity index (χ2v) is 14.3. The van der Waals surface area contributed by atoms with Crippen LogP contribution in [-0.4, -0.2) is 14.9 Å². The number of rotatable bonds is 4. The van der Waals surface area contributed by atoms with Crippen molar-refractivity contribution in [3.8, 4) is 22.3 Å². The molecule has 0 heterocycles. The van der Waals surface area contributed by atoms with E-state index in [0.29, 0.717) is 6.42 Å². The van der Waals surface area contributed by atoms with Crippen LogP contribution < -0.4 is 24.8 Å². The van der Waals surface area contributed by atoms with Crippen molar-refractivity contribution in [3.63, 3.8) is 0 Å². The predicted octanol–water partition coefficient (Wildman–Crippen LogP) is 0.368. The molecular formula is C31H27Cl2OZr. The molecule has 4 aromatic carbocycles. The van der Waals surface area contributed by atoms with Gasteiger partial charge in [0.25, 0.3) is 0 Å². The summed E-state index contributed by atoms with van der Waals surface area (Å²) in [6.45, 7) is 4.83. The molecule has 1 nitrogen and oxygen atoms in total. The van der Waals surface area contributed by atoms with Crippen molar-refractivity contribution in [1.82, 2.24) is 0 Å². The number of hydrogen-bond donors (Lipinski definition) is 1. The summed E-state index contributed by atoms with van der Waals surface area (Å²) in [5.74, 6) is 0. The van der Waals surface area contributed by atoms with Crippen LogP contribution in [0.25, 0.3) is 22.3 Å². The van der Waals surface area contributed by atoms with Crippen LogP contribution in [0.2, 0.25) is 0 Å². The van der Waals surface area contributed by atoms with Gasteiger partial charge in [0.1, 0.15) is 0 Å². The van der Waals surface area contributed by atoms with Crippen LogP contribution in [0, 0.1) is 0 Å². The fourth-order valence-corrected chi connectivity index (χ4v) is 10.6. The molecule has 35 heavy (non-hydrogen) atoms. The van der Waals surface area contributed by atoms with E-state index in [4.69, 9.17) is 0 Å². The van der Waals surface area contributed by atoms with E-state index in [9.17, 15) is 5.11 Å². The maximum Gasteiger partial charge on any atom is -1.00 e. The zero-order chi connectivity index (χ0) is 22.6. The predicted molar refractivity (Wildman–Crippen MR) is 134 cm³/mol. The molecule has 4 heteroatoms. The van der Waals surface area contributed by atoms with E-state index in [-0.39, 0.29) is 34.5 Å². The summed E-state index contributed by atoms with van der Waals surface area (Å²) >= 11 is -1.05. The first-order chi connectivity index (χ1) is 16.1. The van der Waals surface area contributed by atoms with Gasteiger partial charge in [-0.05, 0) is 0 Å². The first-order valence-corrected chi connectivity index (χ1v) is 14.2. The van der Waals surface area contributed by atoms with E-state index >= 15 is 0 Å². The normalized spacial score (nSPS) is 13.3. The van der Waals surface area contributed by atoms with Crippen LogP contribution >= 0.6 is 0 Å². The van der Waals surface area contributed by atoms with Gasteiger partial charge >= 0.3 is 208 Å². The molecule has 0 bridgehead atoms. The third kappa shape index (κ3) is 3.94. The van der Waals surface area contributed by atoms with E-state index in [1.807, 2.05) is 0 Å². The summed E-state index contributed by atoms with van der Waals surface area (Å²) in [4.78, 5) is 0. The standard InChI is InChI=1S/C28H21O.C3H6.2ClH.Zr/c29-16-15-23-26(14-13-22-19-8-2-1-7-18(19)17-27(22)23)28-24-11-5-3-9-20(24)21-10-4-6-12-25(21)28;1-3-2;;;/h1-14,29H,15-17H2;1-2H3;2*1H;/q;;;;+2/p-2. The maximum atomic E-state index is 10.2. The maximum absolute atomic E-state index is 10.2. The molecule has 0 unspecified atom stereocenters. The average molecular weight is 578 g/mol. The van der Waals surface area contributed by atoms with Crippen LogP contribution in [0.3, 0.4) is 0 Å². The van der Waals surface area contributed by atoms with Crippen LogP contribution in [0.4, 0.5) is 0 Å². The zero-order valence-electron chi connectivity index (χ0n) is 19.9. The monoisotopic (exact) mass is 575 g/mol. The molecule has 2 aliphatic carbocycles. The smallest absolute Gasteiger partial charge is 1.00 e. The van der Waals surface area contributed by atoms with Crippen LogP contribution in [0.1, 0.15) is 47.2 Å². The average Bonchev–Trinajstić information content (AvgIpc) is 3.34. The van der Waals surface area contributed by atoms with Crippen molar-refractivity contribution in [2.75, 3.05) is 6.61 Å². The van der Waals surface area contributed by atoms with Gasteiger partial charge < -0.3 is 24.8 Å². The Morgan fingerprint density at radius 3 is 1.89 bits per heavy atom. The number of aliphatic hydroxyl groups is 1.